The van der Waals surface area contributed by atoms with Gasteiger partial charge in [-0.05, 0) is 76.9 Å². The van der Waals surface area contributed by atoms with Crippen molar-refractivity contribution in [2.45, 2.75) is 25.4 Å². The third-order valence-electron chi connectivity index (χ3n) is 6.62. The van der Waals surface area contributed by atoms with Gasteiger partial charge in [0.25, 0.3) is 0 Å². The van der Waals surface area contributed by atoms with E-state index >= 15 is 0 Å². The normalized spacial score (nSPS) is 22.0. The third-order valence-corrected chi connectivity index (χ3v) is 8.53. The first kappa shape index (κ1) is 19.6. The van der Waals surface area contributed by atoms with Crippen LogP contribution in [0.5, 0.6) is 5.75 Å². The number of halogens is 2. The van der Waals surface area contributed by atoms with Crippen molar-refractivity contribution in [1.29, 1.82) is 0 Å². The van der Waals surface area contributed by atoms with Gasteiger partial charge in [-0.15, -0.1) is 11.3 Å². The van der Waals surface area contributed by atoms with E-state index in [0.717, 1.165) is 21.7 Å². The third kappa shape index (κ3) is 3.34. The fraction of sp³-hybridized carbons (Fsp3) is 0.185. The van der Waals surface area contributed by atoms with E-state index in [-0.39, 0.29) is 6.10 Å². The van der Waals surface area contributed by atoms with E-state index in [9.17, 15) is 0 Å². The van der Waals surface area contributed by atoms with Crippen LogP contribution in [-0.2, 0) is 0 Å². The van der Waals surface area contributed by atoms with E-state index < -0.39 is 0 Å². The highest BCUT2D eigenvalue weighted by Crippen LogP contribution is 2.52. The van der Waals surface area contributed by atoms with E-state index in [1.165, 1.54) is 37.2 Å². The van der Waals surface area contributed by atoms with Crippen molar-refractivity contribution in [3.05, 3.63) is 97.8 Å². The lowest BCUT2D eigenvalue weighted by Crippen LogP contribution is -2.22. The van der Waals surface area contributed by atoms with E-state index in [0.29, 0.717) is 11.8 Å². The van der Waals surface area contributed by atoms with Crippen LogP contribution in [-0.4, -0.2) is 0 Å². The lowest BCUT2D eigenvalue weighted by molar-refractivity contribution is 0.130. The van der Waals surface area contributed by atoms with Crippen LogP contribution in [0.3, 0.4) is 0 Å². The van der Waals surface area contributed by atoms with Crippen molar-refractivity contribution in [3.8, 4) is 5.75 Å². The Morgan fingerprint density at radius 2 is 1.90 bits per heavy atom. The van der Waals surface area contributed by atoms with Gasteiger partial charge in [0.15, 0.2) is 0 Å². The molecule has 1 aromatic heterocycles. The van der Waals surface area contributed by atoms with Crippen molar-refractivity contribution >= 4 is 60.6 Å². The lowest BCUT2D eigenvalue weighted by Gasteiger charge is -2.30. The maximum atomic E-state index is 6.85. The number of allylic oxidation sites excluding steroid dienone is 1. The first-order valence-corrected chi connectivity index (χ1v) is 12.5. The van der Waals surface area contributed by atoms with Gasteiger partial charge >= 0.3 is 0 Å². The van der Waals surface area contributed by atoms with E-state index in [4.69, 9.17) is 16.3 Å². The summed E-state index contributed by atoms with van der Waals surface area (Å²) in [6, 6.07) is 23.6. The summed E-state index contributed by atoms with van der Waals surface area (Å²) >= 11 is 11.9. The Bertz CT molecular complexity index is 1320. The maximum Gasteiger partial charge on any atom is 0.137 e. The van der Waals surface area contributed by atoms with Gasteiger partial charge in [0.2, 0.25) is 0 Å². The monoisotopic (exact) mass is 506 g/mol. The molecule has 0 saturated carbocycles. The largest absolute Gasteiger partial charge is 0.484 e. The summed E-state index contributed by atoms with van der Waals surface area (Å²) in [4.78, 5) is 1.29. The Kier molecular flexibility index (Phi) is 4.75. The van der Waals surface area contributed by atoms with Crippen molar-refractivity contribution in [2.75, 3.05) is 0 Å². The highest BCUT2D eigenvalue weighted by Gasteiger charge is 2.38. The quantitative estimate of drug-likeness (QED) is 0.249. The molecule has 0 spiro atoms. The van der Waals surface area contributed by atoms with Crippen molar-refractivity contribution in [3.63, 3.8) is 0 Å². The van der Waals surface area contributed by atoms with Gasteiger partial charge < -0.3 is 4.74 Å². The number of rotatable bonds is 1. The molecule has 3 aromatic carbocycles. The smallest absolute Gasteiger partial charge is 0.137 e. The van der Waals surface area contributed by atoms with Crippen LogP contribution in [0.1, 0.15) is 46.9 Å². The Balaban J connectivity index is 1.59. The lowest BCUT2D eigenvalue weighted by atomic mass is 9.80. The Morgan fingerprint density at radius 1 is 1.03 bits per heavy atom. The second-order valence-corrected chi connectivity index (χ2v) is 10.9. The number of fused-ring (bicyclic) bond motifs is 6. The molecule has 0 amide bonds. The molecule has 3 atom stereocenters. The van der Waals surface area contributed by atoms with E-state index in [2.05, 4.69) is 89.6 Å². The van der Waals surface area contributed by atoms with E-state index in [1.54, 1.807) is 0 Å². The number of benzene rings is 3. The Hall–Kier alpha value is -2.07. The predicted molar refractivity (Wildman–Crippen MR) is 135 cm³/mol. The van der Waals surface area contributed by atoms with Crippen molar-refractivity contribution in [2.24, 2.45) is 5.92 Å². The Morgan fingerprint density at radius 3 is 2.77 bits per heavy atom. The zero-order valence-electron chi connectivity index (χ0n) is 16.9. The summed E-state index contributed by atoms with van der Waals surface area (Å²) in [5, 5.41) is 2.07. The first-order valence-electron chi connectivity index (χ1n) is 10.5. The average Bonchev–Trinajstić information content (AvgIpc) is 3.05. The van der Waals surface area contributed by atoms with Gasteiger partial charge in [-0.1, -0.05) is 64.8 Å². The van der Waals surface area contributed by atoms with Gasteiger partial charge in [-0.25, -0.2) is 0 Å². The fourth-order valence-electron chi connectivity index (χ4n) is 5.05. The molecule has 0 radical (unpaired) electrons. The van der Waals surface area contributed by atoms with Crippen LogP contribution in [0, 0.1) is 5.92 Å². The van der Waals surface area contributed by atoms with Gasteiger partial charge in [-0.3, -0.25) is 0 Å². The molecule has 2 bridgehead atoms. The van der Waals surface area contributed by atoms with Crippen LogP contribution in [0.25, 0.3) is 21.7 Å². The topological polar surface area (TPSA) is 9.23 Å². The van der Waals surface area contributed by atoms with Gasteiger partial charge in [0.1, 0.15) is 11.9 Å². The summed E-state index contributed by atoms with van der Waals surface area (Å²) < 4.78 is 9.19. The minimum Gasteiger partial charge on any atom is -0.484 e. The van der Waals surface area contributed by atoms with Crippen LogP contribution >= 0.6 is 38.9 Å². The second-order valence-electron chi connectivity index (χ2n) is 8.46. The summed E-state index contributed by atoms with van der Waals surface area (Å²) in [6.07, 6.45) is 3.29. The molecule has 0 saturated heterocycles. The molecule has 31 heavy (non-hydrogen) atoms. The molecule has 3 unspecified atom stereocenters. The van der Waals surface area contributed by atoms with Crippen LogP contribution < -0.4 is 4.74 Å². The van der Waals surface area contributed by atoms with Crippen LogP contribution in [0.15, 0.2) is 71.2 Å². The molecule has 2 aliphatic rings. The van der Waals surface area contributed by atoms with Crippen LogP contribution in [0.4, 0.5) is 0 Å². The molecular formula is C27H20BrClOS. The number of ether oxygens (including phenoxy) is 1. The van der Waals surface area contributed by atoms with Gasteiger partial charge in [0.05, 0.1) is 0 Å². The molecule has 1 aliphatic carbocycles. The average molecular weight is 508 g/mol. The fourth-order valence-corrected chi connectivity index (χ4v) is 6.74. The standard InChI is InChI=1S/C27H20BrClOS/c1-15-21-9-7-20(29)11-17(21)10-18-12-23(15)27(30-24-14-19(28)6-8-22(18)24)26-13-16-4-2-3-5-25(16)31-26/h2-11,13-15,23,27H,12H2,1H3. The highest BCUT2D eigenvalue weighted by atomic mass is 79.9. The van der Waals surface area contributed by atoms with E-state index in [1.807, 2.05) is 17.4 Å². The summed E-state index contributed by atoms with van der Waals surface area (Å²) in [7, 11) is 0. The molecule has 4 heteroatoms. The molecule has 1 aliphatic heterocycles. The summed E-state index contributed by atoms with van der Waals surface area (Å²) in [5.74, 6) is 1.62. The highest BCUT2D eigenvalue weighted by molar-refractivity contribution is 9.10. The molecule has 4 aromatic rings. The van der Waals surface area contributed by atoms with Gasteiger partial charge in [-0.2, -0.15) is 0 Å². The van der Waals surface area contributed by atoms with Crippen molar-refractivity contribution in [1.82, 2.24) is 0 Å². The first-order chi connectivity index (χ1) is 15.1. The zero-order chi connectivity index (χ0) is 21.1. The number of thiophene rings is 1. The van der Waals surface area contributed by atoms with Crippen LogP contribution in [0.2, 0.25) is 5.02 Å². The zero-order valence-corrected chi connectivity index (χ0v) is 20.1. The molecule has 2 heterocycles. The second kappa shape index (κ2) is 7.51. The minimum absolute atomic E-state index is 0.00650. The molecular weight excluding hydrogens is 488 g/mol. The minimum atomic E-state index is -0.00650. The van der Waals surface area contributed by atoms with Crippen molar-refractivity contribution < 1.29 is 4.74 Å². The number of hydrogen-bond acceptors (Lipinski definition) is 2. The van der Waals surface area contributed by atoms with Gasteiger partial charge in [0, 0.05) is 30.6 Å². The summed E-state index contributed by atoms with van der Waals surface area (Å²) in [6.45, 7) is 2.34. The maximum absolute atomic E-state index is 6.85. The molecule has 0 N–H and O–H groups in total. The molecule has 1 nitrogen and oxygen atoms in total. The SMILES string of the molecule is CC1c2ccc(Cl)cc2C=C2CC1C(c1cc3ccccc3s1)Oc1cc(Br)ccc12. The Labute approximate surface area is 199 Å². The molecule has 6 rings (SSSR count). The predicted octanol–water partition coefficient (Wildman–Crippen LogP) is 9.11. The number of hydrogen-bond donors (Lipinski definition) is 0. The molecule has 0 fully saturated rings. The molecule has 154 valence electrons. The summed E-state index contributed by atoms with van der Waals surface area (Å²) in [5.41, 5.74) is 5.07.